The van der Waals surface area contributed by atoms with Gasteiger partial charge in [-0.15, -0.1) is 18.2 Å². The van der Waals surface area contributed by atoms with Gasteiger partial charge in [-0.1, -0.05) is 0 Å². The Morgan fingerprint density at radius 2 is 2.40 bits per heavy atom. The van der Waals surface area contributed by atoms with Crippen LogP contribution in [0.25, 0.3) is 0 Å². The molecule has 15 heavy (non-hydrogen) atoms. The van der Waals surface area contributed by atoms with Crippen molar-refractivity contribution in [2.45, 2.75) is 0 Å². The Bertz CT molecular complexity index is 403. The van der Waals surface area contributed by atoms with E-state index in [4.69, 9.17) is 10.2 Å². The van der Waals surface area contributed by atoms with Crippen molar-refractivity contribution in [2.24, 2.45) is 4.99 Å². The second-order valence-corrected chi connectivity index (χ2v) is 3.30. The fourth-order valence-corrected chi connectivity index (χ4v) is 1.45. The Morgan fingerprint density at radius 1 is 1.67 bits per heavy atom. The van der Waals surface area contributed by atoms with Crippen LogP contribution >= 0.6 is 12.6 Å². The third kappa shape index (κ3) is 1.69. The van der Waals surface area contributed by atoms with Gasteiger partial charge in [-0.2, -0.15) is 0 Å². The quantitative estimate of drug-likeness (QED) is 0.457. The van der Waals surface area contributed by atoms with Crippen LogP contribution in [0, 0.1) is 0 Å². The number of carboxylic acids is 1. The number of aliphatic carboxylic acids is 1. The second kappa shape index (κ2) is 3.57. The summed E-state index contributed by atoms with van der Waals surface area (Å²) in [6.45, 7) is -0.251. The van der Waals surface area contributed by atoms with Gasteiger partial charge in [0.1, 0.15) is 6.73 Å². The number of aliphatic hydroxyl groups excluding tert-OH is 1. The van der Waals surface area contributed by atoms with Crippen molar-refractivity contribution in [3.63, 3.8) is 0 Å². The molecule has 0 saturated heterocycles. The van der Waals surface area contributed by atoms with E-state index in [0.717, 1.165) is 0 Å². The summed E-state index contributed by atoms with van der Waals surface area (Å²) in [6, 6.07) is 0. The van der Waals surface area contributed by atoms with Gasteiger partial charge in [-0.3, -0.25) is 5.01 Å². The number of fused-ring (bicyclic) bond motifs is 1. The molecule has 0 bridgehead atoms. The van der Waals surface area contributed by atoms with Gasteiger partial charge in [0.2, 0.25) is 0 Å². The van der Waals surface area contributed by atoms with Crippen molar-refractivity contribution in [2.75, 3.05) is 6.73 Å². The molecule has 0 aromatic carbocycles. The lowest BCUT2D eigenvalue weighted by atomic mass is 10.3. The molecule has 0 aromatic rings. The van der Waals surface area contributed by atoms with Crippen LogP contribution < -0.4 is 5.53 Å². The van der Waals surface area contributed by atoms with Gasteiger partial charge in [0.05, 0.1) is 11.2 Å². The normalized spacial score (nSPS) is 19.5. The fraction of sp³-hybridized carbons (Fsp3) is 0.143. The predicted molar refractivity (Wildman–Crippen MR) is 54.1 cm³/mol. The Balaban J connectivity index is 2.33. The first-order valence-electron chi connectivity index (χ1n) is 4.00. The maximum Gasteiger partial charge on any atom is 0.354 e. The van der Waals surface area contributed by atoms with Crippen molar-refractivity contribution in [3.05, 3.63) is 23.1 Å². The molecule has 3 N–H and O–H groups in total. The van der Waals surface area contributed by atoms with E-state index >= 15 is 0 Å². The molecule has 2 rings (SSSR count). The molecule has 7 nitrogen and oxygen atoms in total. The van der Waals surface area contributed by atoms with E-state index in [1.165, 1.54) is 22.3 Å². The van der Waals surface area contributed by atoms with Crippen LogP contribution in [-0.4, -0.2) is 38.6 Å². The summed E-state index contributed by atoms with van der Waals surface area (Å²) >= 11 is 4.10. The van der Waals surface area contributed by atoms with Crippen molar-refractivity contribution in [1.29, 1.82) is 0 Å². The standard InChI is InChI=1S/C7H8N4O3S/c12-3-10-2-5-8-4(7(13)14)1-6(15)11(5)9-10/h1-2,9,12,15H,3H2,(H,13,14). The summed E-state index contributed by atoms with van der Waals surface area (Å²) in [5, 5.41) is 20.8. The number of hydrogen-bond acceptors (Lipinski definition) is 7. The van der Waals surface area contributed by atoms with Crippen LogP contribution in [0.2, 0.25) is 0 Å². The summed E-state index contributed by atoms with van der Waals surface area (Å²) in [7, 11) is 0. The lowest BCUT2D eigenvalue weighted by Gasteiger charge is -2.23. The first-order chi connectivity index (χ1) is 7.11. The van der Waals surface area contributed by atoms with E-state index in [0.29, 0.717) is 10.9 Å². The van der Waals surface area contributed by atoms with Crippen LogP contribution in [-0.2, 0) is 4.79 Å². The lowest BCUT2D eigenvalue weighted by Crippen LogP contribution is -2.40. The summed E-state index contributed by atoms with van der Waals surface area (Å²) < 4.78 is 0. The molecule has 0 atom stereocenters. The van der Waals surface area contributed by atoms with Crippen LogP contribution in [0.1, 0.15) is 0 Å². The molecule has 8 heteroatoms. The van der Waals surface area contributed by atoms with Crippen LogP contribution in [0.3, 0.4) is 0 Å². The number of aliphatic imine (C=N–C) groups is 1. The first kappa shape index (κ1) is 10.0. The van der Waals surface area contributed by atoms with Gasteiger partial charge >= 0.3 is 5.97 Å². The van der Waals surface area contributed by atoms with E-state index in [2.05, 4.69) is 23.2 Å². The number of hydrogen-bond donors (Lipinski definition) is 4. The minimum absolute atomic E-state index is 0.0934. The van der Waals surface area contributed by atoms with Gasteiger partial charge in [0, 0.05) is 6.08 Å². The third-order valence-corrected chi connectivity index (χ3v) is 2.16. The summed E-state index contributed by atoms with van der Waals surface area (Å²) in [4.78, 5) is 14.6. The number of aliphatic hydroxyl groups is 1. The Labute approximate surface area is 90.3 Å². The SMILES string of the molecule is O=C(O)C1=NC2=CN(CO)NN2C(S)=C1. The van der Waals surface area contributed by atoms with E-state index in [1.54, 1.807) is 0 Å². The first-order valence-corrected chi connectivity index (χ1v) is 4.45. The highest BCUT2D eigenvalue weighted by Gasteiger charge is 2.27. The zero-order chi connectivity index (χ0) is 11.0. The molecular formula is C7H8N4O3S. The number of nitrogens with zero attached hydrogens (tertiary/aromatic N) is 3. The van der Waals surface area contributed by atoms with Crippen molar-refractivity contribution < 1.29 is 15.0 Å². The van der Waals surface area contributed by atoms with Gasteiger partial charge in [0.25, 0.3) is 0 Å². The van der Waals surface area contributed by atoms with Gasteiger partial charge < -0.3 is 10.2 Å². The van der Waals surface area contributed by atoms with E-state index in [-0.39, 0.29) is 12.4 Å². The van der Waals surface area contributed by atoms with E-state index in [1.807, 2.05) is 0 Å². The van der Waals surface area contributed by atoms with E-state index in [9.17, 15) is 4.79 Å². The molecule has 2 aliphatic rings. The van der Waals surface area contributed by atoms with Crippen LogP contribution in [0.5, 0.6) is 0 Å². The second-order valence-electron chi connectivity index (χ2n) is 2.84. The molecular weight excluding hydrogens is 220 g/mol. The number of nitrogens with one attached hydrogen (secondary N) is 1. The maximum absolute atomic E-state index is 10.7. The average Bonchev–Trinajstić information content (AvgIpc) is 2.61. The summed E-state index contributed by atoms with van der Waals surface area (Å²) in [5.74, 6) is -0.751. The minimum Gasteiger partial charge on any atom is -0.477 e. The maximum atomic E-state index is 10.7. The van der Waals surface area contributed by atoms with Crippen LogP contribution in [0.4, 0.5) is 0 Å². The number of carbonyl (C=O) groups is 1. The summed E-state index contributed by atoms with van der Waals surface area (Å²) in [5.41, 5.74) is 2.64. The molecule has 0 unspecified atom stereocenters. The topological polar surface area (TPSA) is 88.4 Å². The van der Waals surface area contributed by atoms with E-state index < -0.39 is 5.97 Å². The molecule has 2 heterocycles. The smallest absolute Gasteiger partial charge is 0.354 e. The van der Waals surface area contributed by atoms with Gasteiger partial charge in [-0.05, 0) is 0 Å². The molecule has 0 aliphatic carbocycles. The predicted octanol–water partition coefficient (Wildman–Crippen LogP) is -0.917. The molecule has 80 valence electrons. The Morgan fingerprint density at radius 3 is 3.00 bits per heavy atom. The third-order valence-electron chi connectivity index (χ3n) is 1.83. The fourth-order valence-electron chi connectivity index (χ4n) is 1.18. The highest BCUT2D eigenvalue weighted by Crippen LogP contribution is 2.24. The zero-order valence-electron chi connectivity index (χ0n) is 7.45. The van der Waals surface area contributed by atoms with Gasteiger partial charge in [-0.25, -0.2) is 14.8 Å². The summed E-state index contributed by atoms with van der Waals surface area (Å²) in [6.07, 6.45) is 2.79. The Kier molecular flexibility index (Phi) is 2.39. The molecule has 0 aromatic heterocycles. The lowest BCUT2D eigenvalue weighted by molar-refractivity contribution is -0.129. The van der Waals surface area contributed by atoms with Crippen LogP contribution in [0.15, 0.2) is 28.1 Å². The number of thiol groups is 1. The Hall–Kier alpha value is -1.51. The highest BCUT2D eigenvalue weighted by atomic mass is 32.1. The monoisotopic (exact) mass is 228 g/mol. The number of rotatable bonds is 2. The van der Waals surface area contributed by atoms with Crippen molar-refractivity contribution in [1.82, 2.24) is 15.6 Å². The minimum atomic E-state index is -1.12. The zero-order valence-corrected chi connectivity index (χ0v) is 8.35. The molecule has 0 radical (unpaired) electrons. The molecule has 2 aliphatic heterocycles. The van der Waals surface area contributed by atoms with Crippen molar-refractivity contribution >= 4 is 24.3 Å². The molecule has 0 amide bonds. The largest absolute Gasteiger partial charge is 0.477 e. The highest BCUT2D eigenvalue weighted by molar-refractivity contribution is 7.84. The number of hydrazine groups is 2. The average molecular weight is 228 g/mol. The molecule has 0 fully saturated rings. The number of carboxylic acid groups (broad SMARTS) is 1. The molecule has 0 spiro atoms. The molecule has 0 saturated carbocycles. The van der Waals surface area contributed by atoms with Gasteiger partial charge in [0.15, 0.2) is 11.5 Å². The van der Waals surface area contributed by atoms with Crippen molar-refractivity contribution in [3.8, 4) is 0 Å².